The van der Waals surface area contributed by atoms with Crippen molar-refractivity contribution in [3.8, 4) is 17.1 Å². The Morgan fingerprint density at radius 1 is 1.07 bits per heavy atom. The number of hydrogen-bond donors (Lipinski definition) is 1. The van der Waals surface area contributed by atoms with Crippen molar-refractivity contribution in [3.63, 3.8) is 0 Å². The monoisotopic (exact) mass is 418 g/mol. The third kappa shape index (κ3) is 4.16. The van der Waals surface area contributed by atoms with Gasteiger partial charge in [0.15, 0.2) is 11.0 Å². The average molecular weight is 419 g/mol. The van der Waals surface area contributed by atoms with Crippen molar-refractivity contribution < 1.29 is 9.21 Å². The van der Waals surface area contributed by atoms with Gasteiger partial charge in [0.05, 0.1) is 17.1 Å². The van der Waals surface area contributed by atoms with E-state index in [2.05, 4.69) is 15.5 Å². The highest BCUT2D eigenvalue weighted by atomic mass is 32.2. The molecular formula is C23H22N4O2S. The number of benzene rings is 2. The van der Waals surface area contributed by atoms with Gasteiger partial charge in [-0.3, -0.25) is 9.36 Å². The van der Waals surface area contributed by atoms with E-state index >= 15 is 0 Å². The van der Waals surface area contributed by atoms with Gasteiger partial charge in [-0.2, -0.15) is 0 Å². The SMILES string of the molecule is Cc1cccc(NC(=O)C(C)Sc2nnc(-c3ccoc3C)n2-c2ccccc2)c1. The van der Waals surface area contributed by atoms with Crippen LogP contribution in [0.25, 0.3) is 17.1 Å². The zero-order chi connectivity index (χ0) is 21.1. The quantitative estimate of drug-likeness (QED) is 0.432. The number of carbonyl (C=O) groups excluding carboxylic acids is 1. The Morgan fingerprint density at radius 2 is 1.87 bits per heavy atom. The molecule has 7 heteroatoms. The first kappa shape index (κ1) is 20.0. The molecule has 4 aromatic rings. The Morgan fingerprint density at radius 3 is 2.57 bits per heavy atom. The van der Waals surface area contributed by atoms with E-state index in [0.29, 0.717) is 11.0 Å². The fraction of sp³-hybridized carbons (Fsp3) is 0.174. The molecular weight excluding hydrogens is 396 g/mol. The number of para-hydroxylation sites is 1. The predicted molar refractivity (Wildman–Crippen MR) is 119 cm³/mol. The molecule has 0 saturated heterocycles. The molecule has 0 bridgehead atoms. The molecule has 0 fully saturated rings. The van der Waals surface area contributed by atoms with Gasteiger partial charge in [0.25, 0.3) is 0 Å². The molecule has 0 aliphatic carbocycles. The van der Waals surface area contributed by atoms with Crippen molar-refractivity contribution in [1.29, 1.82) is 0 Å². The van der Waals surface area contributed by atoms with Gasteiger partial charge in [-0.25, -0.2) is 0 Å². The van der Waals surface area contributed by atoms with Crippen LogP contribution < -0.4 is 5.32 Å². The van der Waals surface area contributed by atoms with E-state index in [1.165, 1.54) is 11.8 Å². The van der Waals surface area contributed by atoms with Gasteiger partial charge in [0, 0.05) is 11.4 Å². The first-order valence-corrected chi connectivity index (χ1v) is 10.5. The molecule has 2 aromatic heterocycles. The van der Waals surface area contributed by atoms with Crippen molar-refractivity contribution in [3.05, 3.63) is 78.3 Å². The first-order valence-electron chi connectivity index (χ1n) is 9.62. The number of aryl methyl sites for hydroxylation is 2. The van der Waals surface area contributed by atoms with Gasteiger partial charge in [0.2, 0.25) is 5.91 Å². The highest BCUT2D eigenvalue weighted by molar-refractivity contribution is 8.00. The summed E-state index contributed by atoms with van der Waals surface area (Å²) >= 11 is 1.37. The van der Waals surface area contributed by atoms with Crippen LogP contribution >= 0.6 is 11.8 Å². The zero-order valence-electron chi connectivity index (χ0n) is 17.0. The van der Waals surface area contributed by atoms with Crippen molar-refractivity contribution >= 4 is 23.4 Å². The lowest BCUT2D eigenvalue weighted by molar-refractivity contribution is -0.115. The van der Waals surface area contributed by atoms with E-state index in [1.54, 1.807) is 6.26 Å². The van der Waals surface area contributed by atoms with Crippen LogP contribution in [0.2, 0.25) is 0 Å². The maximum atomic E-state index is 12.8. The van der Waals surface area contributed by atoms with Crippen LogP contribution in [0.3, 0.4) is 0 Å². The highest BCUT2D eigenvalue weighted by Crippen LogP contribution is 2.32. The largest absolute Gasteiger partial charge is 0.469 e. The number of aromatic nitrogens is 3. The summed E-state index contributed by atoms with van der Waals surface area (Å²) in [4.78, 5) is 12.8. The second-order valence-electron chi connectivity index (χ2n) is 6.99. The van der Waals surface area contributed by atoms with Crippen LogP contribution in [0.5, 0.6) is 0 Å². The molecule has 30 heavy (non-hydrogen) atoms. The van der Waals surface area contributed by atoms with Crippen molar-refractivity contribution in [2.75, 3.05) is 5.32 Å². The van der Waals surface area contributed by atoms with Gasteiger partial charge >= 0.3 is 0 Å². The van der Waals surface area contributed by atoms with Crippen LogP contribution in [0, 0.1) is 13.8 Å². The number of nitrogens with zero attached hydrogens (tertiary/aromatic N) is 3. The molecule has 0 spiro atoms. The Labute approximate surface area is 179 Å². The third-order valence-electron chi connectivity index (χ3n) is 4.68. The lowest BCUT2D eigenvalue weighted by Crippen LogP contribution is -2.23. The standard InChI is InChI=1S/C23H22N4O2S/c1-15-8-7-9-18(14-15)24-22(28)17(3)30-23-26-25-21(20-12-13-29-16(20)2)27(23)19-10-5-4-6-11-19/h4-14,17H,1-3H3,(H,24,28). The van der Waals surface area contributed by atoms with Crippen LogP contribution in [-0.4, -0.2) is 25.9 Å². The zero-order valence-corrected chi connectivity index (χ0v) is 17.8. The normalized spacial score (nSPS) is 12.0. The van der Waals surface area contributed by atoms with Crippen LogP contribution in [0.15, 0.2) is 76.5 Å². The molecule has 1 unspecified atom stereocenters. The lowest BCUT2D eigenvalue weighted by atomic mass is 10.2. The van der Waals surface area contributed by atoms with Gasteiger partial charge in [-0.1, -0.05) is 42.1 Å². The molecule has 1 N–H and O–H groups in total. The van der Waals surface area contributed by atoms with E-state index in [0.717, 1.165) is 28.3 Å². The molecule has 0 radical (unpaired) electrons. The summed E-state index contributed by atoms with van der Waals surface area (Å²) < 4.78 is 7.42. The number of rotatable bonds is 6. The fourth-order valence-electron chi connectivity index (χ4n) is 3.13. The summed E-state index contributed by atoms with van der Waals surface area (Å²) in [6, 6.07) is 19.5. The van der Waals surface area contributed by atoms with Gasteiger partial charge < -0.3 is 9.73 Å². The minimum Gasteiger partial charge on any atom is -0.469 e. The van der Waals surface area contributed by atoms with Gasteiger partial charge in [0.1, 0.15) is 5.76 Å². The number of anilines is 1. The summed E-state index contributed by atoms with van der Waals surface area (Å²) in [6.07, 6.45) is 1.64. The minimum atomic E-state index is -0.365. The molecule has 6 nitrogen and oxygen atoms in total. The van der Waals surface area contributed by atoms with Crippen molar-refractivity contribution in [2.24, 2.45) is 0 Å². The molecule has 152 valence electrons. The molecule has 2 heterocycles. The Kier molecular flexibility index (Phi) is 5.72. The molecule has 4 rings (SSSR count). The van der Waals surface area contributed by atoms with Gasteiger partial charge in [-0.15, -0.1) is 10.2 Å². The smallest absolute Gasteiger partial charge is 0.237 e. The van der Waals surface area contributed by atoms with Crippen LogP contribution in [-0.2, 0) is 4.79 Å². The maximum Gasteiger partial charge on any atom is 0.237 e. The second-order valence-corrected chi connectivity index (χ2v) is 8.29. The van der Waals surface area contributed by atoms with Crippen LogP contribution in [0.4, 0.5) is 5.69 Å². The summed E-state index contributed by atoms with van der Waals surface area (Å²) in [6.45, 7) is 5.75. The number of amides is 1. The number of carbonyl (C=O) groups is 1. The van der Waals surface area contributed by atoms with Crippen molar-refractivity contribution in [2.45, 2.75) is 31.2 Å². The topological polar surface area (TPSA) is 73.0 Å². The number of hydrogen-bond acceptors (Lipinski definition) is 5. The molecule has 2 aromatic carbocycles. The van der Waals surface area contributed by atoms with E-state index < -0.39 is 0 Å². The number of nitrogens with one attached hydrogen (secondary N) is 1. The Hall–Kier alpha value is -3.32. The van der Waals surface area contributed by atoms with E-state index in [-0.39, 0.29) is 11.2 Å². The third-order valence-corrected chi connectivity index (χ3v) is 5.73. The number of furan rings is 1. The summed E-state index contributed by atoms with van der Waals surface area (Å²) in [5.41, 5.74) is 3.67. The van der Waals surface area contributed by atoms with E-state index in [4.69, 9.17) is 4.42 Å². The molecule has 0 saturated carbocycles. The highest BCUT2D eigenvalue weighted by Gasteiger charge is 2.23. The second kappa shape index (κ2) is 8.59. The Balaban J connectivity index is 1.63. The predicted octanol–water partition coefficient (Wildman–Crippen LogP) is 5.26. The first-order chi connectivity index (χ1) is 14.5. The van der Waals surface area contributed by atoms with Crippen LogP contribution in [0.1, 0.15) is 18.2 Å². The van der Waals surface area contributed by atoms with Gasteiger partial charge in [-0.05, 0) is 56.7 Å². The summed E-state index contributed by atoms with van der Waals surface area (Å²) in [5.74, 6) is 1.36. The van der Waals surface area contributed by atoms with Crippen molar-refractivity contribution in [1.82, 2.24) is 14.8 Å². The summed E-state index contributed by atoms with van der Waals surface area (Å²) in [7, 11) is 0. The molecule has 0 aliphatic heterocycles. The molecule has 1 atom stereocenters. The minimum absolute atomic E-state index is 0.0887. The molecule has 0 aliphatic rings. The molecule has 1 amide bonds. The Bertz CT molecular complexity index is 1170. The van der Waals surface area contributed by atoms with E-state index in [9.17, 15) is 4.79 Å². The fourth-order valence-corrected chi connectivity index (χ4v) is 3.99. The maximum absolute atomic E-state index is 12.8. The van der Waals surface area contributed by atoms with E-state index in [1.807, 2.05) is 86.0 Å². The lowest BCUT2D eigenvalue weighted by Gasteiger charge is -2.14. The average Bonchev–Trinajstić information content (AvgIpc) is 3.34. The number of thioether (sulfide) groups is 1. The summed E-state index contributed by atoms with van der Waals surface area (Å²) in [5, 5.41) is 12.0.